The molecule has 3 aromatic rings. The highest BCUT2D eigenvalue weighted by atomic mass is 16.5. The van der Waals surface area contributed by atoms with Crippen LogP contribution in [0.3, 0.4) is 0 Å². The fourth-order valence-electron chi connectivity index (χ4n) is 2.41. The van der Waals surface area contributed by atoms with Crippen LogP contribution >= 0.6 is 0 Å². The number of carboxylic acid groups (broad SMARTS) is 1. The topological polar surface area (TPSA) is 76.7 Å². The summed E-state index contributed by atoms with van der Waals surface area (Å²) in [5.74, 6) is -0.259. The van der Waals surface area contributed by atoms with Gasteiger partial charge in [0.05, 0.1) is 17.6 Å². The smallest absolute Gasteiger partial charge is 0.336 e. The van der Waals surface area contributed by atoms with Crippen LogP contribution in [0.1, 0.15) is 17.3 Å². The van der Waals surface area contributed by atoms with Gasteiger partial charge in [-0.3, -0.25) is 4.79 Å². The Morgan fingerprint density at radius 2 is 1.96 bits per heavy atom. The Hall–Kier alpha value is -3.08. The van der Waals surface area contributed by atoms with Gasteiger partial charge in [-0.05, 0) is 31.2 Å². The summed E-state index contributed by atoms with van der Waals surface area (Å²) in [5.41, 5.74) is 0.591. The first-order chi connectivity index (χ1) is 11.1. The molecule has 0 saturated carbocycles. The zero-order valence-electron chi connectivity index (χ0n) is 12.4. The lowest BCUT2D eigenvalue weighted by atomic mass is 10.0. The summed E-state index contributed by atoms with van der Waals surface area (Å²) >= 11 is 0. The lowest BCUT2D eigenvalue weighted by Crippen LogP contribution is -2.04. The van der Waals surface area contributed by atoms with Crippen molar-refractivity contribution in [1.82, 2.24) is 0 Å². The Morgan fingerprint density at radius 1 is 1.17 bits per heavy atom. The molecule has 0 saturated heterocycles. The average Bonchev–Trinajstić information content (AvgIpc) is 2.55. The third-order valence-corrected chi connectivity index (χ3v) is 3.43. The maximum atomic E-state index is 12.3. The molecule has 1 heterocycles. The SMILES string of the molecule is CCOc1ccc2oc(-c3ccccc3C(=O)O)cc(=O)c2c1. The number of aromatic carboxylic acids is 1. The van der Waals surface area contributed by atoms with E-state index >= 15 is 0 Å². The Morgan fingerprint density at radius 3 is 2.70 bits per heavy atom. The van der Waals surface area contributed by atoms with Crippen LogP contribution in [0.4, 0.5) is 0 Å². The number of fused-ring (bicyclic) bond motifs is 1. The zero-order chi connectivity index (χ0) is 16.4. The number of hydrogen-bond donors (Lipinski definition) is 1. The molecule has 1 aromatic heterocycles. The number of carbonyl (C=O) groups is 1. The third kappa shape index (κ3) is 2.81. The van der Waals surface area contributed by atoms with E-state index in [2.05, 4.69) is 0 Å². The highest BCUT2D eigenvalue weighted by Gasteiger charge is 2.15. The van der Waals surface area contributed by atoms with Gasteiger partial charge in [-0.15, -0.1) is 0 Å². The molecule has 0 fully saturated rings. The molecule has 0 aliphatic rings. The molecule has 2 aromatic carbocycles. The van der Waals surface area contributed by atoms with Gasteiger partial charge in [0.1, 0.15) is 17.1 Å². The maximum absolute atomic E-state index is 12.3. The van der Waals surface area contributed by atoms with Crippen molar-refractivity contribution in [2.24, 2.45) is 0 Å². The number of carboxylic acids is 1. The monoisotopic (exact) mass is 310 g/mol. The van der Waals surface area contributed by atoms with E-state index in [1.54, 1.807) is 36.4 Å². The molecule has 23 heavy (non-hydrogen) atoms. The summed E-state index contributed by atoms with van der Waals surface area (Å²) in [6.45, 7) is 2.36. The molecular formula is C18H14O5. The Balaban J connectivity index is 2.20. The molecule has 0 unspecified atom stereocenters. The van der Waals surface area contributed by atoms with Crippen molar-refractivity contribution < 1.29 is 19.1 Å². The average molecular weight is 310 g/mol. The van der Waals surface area contributed by atoms with Gasteiger partial charge in [-0.25, -0.2) is 4.79 Å². The van der Waals surface area contributed by atoms with Crippen molar-refractivity contribution in [2.75, 3.05) is 6.61 Å². The van der Waals surface area contributed by atoms with Crippen molar-refractivity contribution in [3.63, 3.8) is 0 Å². The second-order valence-electron chi connectivity index (χ2n) is 4.92. The lowest BCUT2D eigenvalue weighted by molar-refractivity contribution is 0.0697. The van der Waals surface area contributed by atoms with Crippen molar-refractivity contribution >= 4 is 16.9 Å². The number of ether oxygens (including phenoxy) is 1. The molecule has 0 aliphatic carbocycles. The largest absolute Gasteiger partial charge is 0.494 e. The first-order valence-electron chi connectivity index (χ1n) is 7.13. The second-order valence-corrected chi connectivity index (χ2v) is 4.92. The van der Waals surface area contributed by atoms with Crippen LogP contribution < -0.4 is 10.2 Å². The molecular weight excluding hydrogens is 296 g/mol. The van der Waals surface area contributed by atoms with Crippen molar-refractivity contribution in [3.05, 3.63) is 64.3 Å². The van der Waals surface area contributed by atoms with Crippen LogP contribution in [0.15, 0.2) is 57.7 Å². The predicted molar refractivity (Wildman–Crippen MR) is 86.0 cm³/mol. The van der Waals surface area contributed by atoms with Crippen molar-refractivity contribution in [1.29, 1.82) is 0 Å². The number of rotatable bonds is 4. The highest BCUT2D eigenvalue weighted by molar-refractivity contribution is 5.95. The highest BCUT2D eigenvalue weighted by Crippen LogP contribution is 2.27. The van der Waals surface area contributed by atoms with Gasteiger partial charge in [-0.1, -0.05) is 18.2 Å². The van der Waals surface area contributed by atoms with Crippen LogP contribution in [0, 0.1) is 0 Å². The molecule has 5 nitrogen and oxygen atoms in total. The summed E-state index contributed by atoms with van der Waals surface area (Å²) in [4.78, 5) is 23.7. The van der Waals surface area contributed by atoms with E-state index < -0.39 is 5.97 Å². The molecule has 3 rings (SSSR count). The molecule has 0 spiro atoms. The first kappa shape index (κ1) is 14.8. The first-order valence-corrected chi connectivity index (χ1v) is 7.13. The number of hydrogen-bond acceptors (Lipinski definition) is 4. The summed E-state index contributed by atoms with van der Waals surface area (Å²) in [7, 11) is 0. The fraction of sp³-hybridized carbons (Fsp3) is 0.111. The van der Waals surface area contributed by atoms with Crippen molar-refractivity contribution in [2.45, 2.75) is 6.92 Å². The normalized spacial score (nSPS) is 10.7. The van der Waals surface area contributed by atoms with Gasteiger partial charge in [0.15, 0.2) is 5.43 Å². The predicted octanol–water partition coefficient (Wildman–Crippen LogP) is 3.56. The van der Waals surface area contributed by atoms with E-state index in [0.717, 1.165) is 0 Å². The van der Waals surface area contributed by atoms with Gasteiger partial charge < -0.3 is 14.3 Å². The molecule has 116 valence electrons. The molecule has 0 aliphatic heterocycles. The summed E-state index contributed by atoms with van der Waals surface area (Å²) in [6.07, 6.45) is 0. The molecule has 0 amide bonds. The maximum Gasteiger partial charge on any atom is 0.336 e. The Bertz CT molecular complexity index is 940. The summed E-state index contributed by atoms with van der Waals surface area (Å²) in [6, 6.07) is 12.7. The minimum atomic E-state index is -1.07. The zero-order valence-corrected chi connectivity index (χ0v) is 12.4. The van der Waals surface area contributed by atoms with E-state index in [1.165, 1.54) is 12.1 Å². The second kappa shape index (κ2) is 5.96. The van der Waals surface area contributed by atoms with E-state index in [0.29, 0.717) is 28.9 Å². The van der Waals surface area contributed by atoms with Crippen LogP contribution in [-0.4, -0.2) is 17.7 Å². The third-order valence-electron chi connectivity index (χ3n) is 3.43. The van der Waals surface area contributed by atoms with Crippen LogP contribution in [-0.2, 0) is 0 Å². The van der Waals surface area contributed by atoms with Gasteiger partial charge in [0.25, 0.3) is 0 Å². The van der Waals surface area contributed by atoms with E-state index in [1.807, 2.05) is 6.92 Å². The van der Waals surface area contributed by atoms with E-state index in [-0.39, 0.29) is 16.8 Å². The molecule has 5 heteroatoms. The molecule has 0 radical (unpaired) electrons. The summed E-state index contributed by atoms with van der Waals surface area (Å²) < 4.78 is 11.1. The van der Waals surface area contributed by atoms with Crippen molar-refractivity contribution in [3.8, 4) is 17.1 Å². The number of benzene rings is 2. The van der Waals surface area contributed by atoms with E-state index in [9.17, 15) is 14.7 Å². The quantitative estimate of drug-likeness (QED) is 0.797. The van der Waals surface area contributed by atoms with Crippen LogP contribution in [0.5, 0.6) is 5.75 Å². The minimum Gasteiger partial charge on any atom is -0.494 e. The lowest BCUT2D eigenvalue weighted by Gasteiger charge is -2.07. The van der Waals surface area contributed by atoms with Crippen LogP contribution in [0.2, 0.25) is 0 Å². The Kier molecular flexibility index (Phi) is 3.85. The fourth-order valence-corrected chi connectivity index (χ4v) is 2.41. The Labute approximate surface area is 131 Å². The minimum absolute atomic E-state index is 0.0842. The standard InChI is InChI=1S/C18H14O5/c1-2-22-11-7-8-16-14(9-11)15(19)10-17(23-16)12-5-3-4-6-13(12)18(20)21/h3-10H,2H2,1H3,(H,20,21). The molecule has 0 bridgehead atoms. The molecule has 1 N–H and O–H groups in total. The van der Waals surface area contributed by atoms with E-state index in [4.69, 9.17) is 9.15 Å². The summed E-state index contributed by atoms with van der Waals surface area (Å²) in [5, 5.41) is 9.66. The van der Waals surface area contributed by atoms with Gasteiger partial charge in [0.2, 0.25) is 0 Å². The van der Waals surface area contributed by atoms with Gasteiger partial charge in [-0.2, -0.15) is 0 Å². The van der Waals surface area contributed by atoms with Crippen LogP contribution in [0.25, 0.3) is 22.3 Å². The van der Waals surface area contributed by atoms with Gasteiger partial charge in [0, 0.05) is 11.6 Å². The van der Waals surface area contributed by atoms with Gasteiger partial charge >= 0.3 is 5.97 Å². The molecule has 0 atom stereocenters.